The first-order valence-electron chi connectivity index (χ1n) is 10.8. The van der Waals surface area contributed by atoms with E-state index in [0.717, 1.165) is 77.6 Å². The van der Waals surface area contributed by atoms with E-state index in [1.807, 2.05) is 23.9 Å². The third-order valence-corrected chi connectivity index (χ3v) is 7.36. The molecule has 0 spiro atoms. The van der Waals surface area contributed by atoms with Crippen molar-refractivity contribution in [2.24, 2.45) is 4.99 Å². The Bertz CT molecular complexity index is 641. The van der Waals surface area contributed by atoms with Crippen molar-refractivity contribution in [2.75, 3.05) is 45.6 Å². The fourth-order valence-corrected chi connectivity index (χ4v) is 4.76. The number of rotatable bonds is 7. The smallest absolute Gasteiger partial charge is 0.191 e. The lowest BCUT2D eigenvalue weighted by Gasteiger charge is -2.35. The van der Waals surface area contributed by atoms with Crippen molar-refractivity contribution in [1.29, 1.82) is 0 Å². The molecule has 1 aromatic rings. The van der Waals surface area contributed by atoms with Gasteiger partial charge in [-0.1, -0.05) is 12.1 Å². The van der Waals surface area contributed by atoms with Crippen LogP contribution in [0.5, 0.6) is 0 Å². The normalized spacial score (nSPS) is 21.1. The Balaban J connectivity index is 1.49. The topological polar surface area (TPSA) is 48.9 Å². The van der Waals surface area contributed by atoms with Crippen molar-refractivity contribution in [2.45, 2.75) is 49.9 Å². The number of guanidine groups is 1. The van der Waals surface area contributed by atoms with E-state index in [9.17, 15) is 4.39 Å². The average molecular weight is 423 g/mol. The van der Waals surface area contributed by atoms with Gasteiger partial charge in [0.05, 0.1) is 6.54 Å². The fraction of sp³-hybridized carbons (Fsp3) is 0.682. The zero-order valence-electron chi connectivity index (χ0n) is 17.8. The van der Waals surface area contributed by atoms with Crippen LogP contribution in [0.15, 0.2) is 29.3 Å². The highest BCUT2D eigenvalue weighted by molar-refractivity contribution is 8.00. The predicted octanol–water partition coefficient (Wildman–Crippen LogP) is 3.26. The first-order valence-corrected chi connectivity index (χ1v) is 12.0. The summed E-state index contributed by atoms with van der Waals surface area (Å²) < 4.78 is 18.8. The van der Waals surface area contributed by atoms with Crippen LogP contribution in [0.25, 0.3) is 0 Å². The van der Waals surface area contributed by atoms with Gasteiger partial charge in [-0.25, -0.2) is 4.39 Å². The Kier molecular flexibility index (Phi) is 8.63. The van der Waals surface area contributed by atoms with E-state index in [0.29, 0.717) is 6.04 Å². The molecule has 1 aromatic carbocycles. The van der Waals surface area contributed by atoms with E-state index in [4.69, 9.17) is 9.73 Å². The molecular formula is C22H35FN4OS. The molecule has 0 amide bonds. The molecule has 0 bridgehead atoms. The number of nitrogens with zero attached hydrogens (tertiary/aromatic N) is 2. The summed E-state index contributed by atoms with van der Waals surface area (Å²) in [5.41, 5.74) is 1.17. The zero-order valence-corrected chi connectivity index (χ0v) is 18.6. The van der Waals surface area contributed by atoms with E-state index < -0.39 is 0 Å². The lowest BCUT2D eigenvalue weighted by molar-refractivity contribution is 0.0794. The minimum absolute atomic E-state index is 0.170. The third-order valence-electron chi connectivity index (χ3n) is 5.95. The number of halogens is 1. The molecule has 162 valence electrons. The largest absolute Gasteiger partial charge is 0.381 e. The van der Waals surface area contributed by atoms with Gasteiger partial charge in [0.2, 0.25) is 0 Å². The molecule has 2 N–H and O–H groups in total. The molecule has 2 heterocycles. The number of ether oxygens (including phenoxy) is 1. The van der Waals surface area contributed by atoms with Crippen LogP contribution >= 0.6 is 11.8 Å². The van der Waals surface area contributed by atoms with Gasteiger partial charge in [-0.15, -0.1) is 0 Å². The number of aliphatic imine (C=N–C) groups is 1. The maximum atomic E-state index is 13.1. The van der Waals surface area contributed by atoms with Crippen LogP contribution in [0, 0.1) is 5.82 Å². The van der Waals surface area contributed by atoms with Gasteiger partial charge in [-0.2, -0.15) is 11.8 Å². The molecule has 29 heavy (non-hydrogen) atoms. The Morgan fingerprint density at radius 3 is 2.55 bits per heavy atom. The van der Waals surface area contributed by atoms with E-state index >= 15 is 0 Å². The molecule has 5 nitrogen and oxygen atoms in total. The first-order chi connectivity index (χ1) is 14.1. The molecule has 7 heteroatoms. The van der Waals surface area contributed by atoms with Crippen molar-refractivity contribution in [3.05, 3.63) is 35.6 Å². The molecular weight excluding hydrogens is 387 g/mol. The molecule has 0 saturated carbocycles. The van der Waals surface area contributed by atoms with E-state index in [2.05, 4.69) is 28.7 Å². The molecule has 0 aromatic heterocycles. The highest BCUT2D eigenvalue weighted by atomic mass is 32.2. The third kappa shape index (κ3) is 6.86. The lowest BCUT2D eigenvalue weighted by Crippen LogP contribution is -2.49. The second-order valence-electron chi connectivity index (χ2n) is 8.02. The Morgan fingerprint density at radius 1 is 1.24 bits per heavy atom. The van der Waals surface area contributed by atoms with Gasteiger partial charge in [-0.3, -0.25) is 9.89 Å². The second kappa shape index (κ2) is 11.2. The monoisotopic (exact) mass is 422 g/mol. The van der Waals surface area contributed by atoms with E-state index in [1.54, 1.807) is 12.1 Å². The van der Waals surface area contributed by atoms with Crippen molar-refractivity contribution in [1.82, 2.24) is 15.5 Å². The fourth-order valence-electron chi connectivity index (χ4n) is 3.99. The number of piperidine rings is 1. The van der Waals surface area contributed by atoms with Gasteiger partial charge in [0.25, 0.3) is 0 Å². The summed E-state index contributed by atoms with van der Waals surface area (Å²) >= 11 is 1.93. The maximum Gasteiger partial charge on any atom is 0.191 e. The summed E-state index contributed by atoms with van der Waals surface area (Å²) in [4.78, 5) is 7.38. The number of hydrogen-bond donors (Lipinski definition) is 2. The quantitative estimate of drug-likeness (QED) is 0.522. The van der Waals surface area contributed by atoms with Crippen molar-refractivity contribution >= 4 is 17.7 Å². The minimum Gasteiger partial charge on any atom is -0.381 e. The molecule has 0 aliphatic carbocycles. The summed E-state index contributed by atoms with van der Waals surface area (Å²) in [6, 6.07) is 7.30. The van der Waals surface area contributed by atoms with Gasteiger partial charge < -0.3 is 15.4 Å². The molecule has 0 atom stereocenters. The summed E-state index contributed by atoms with van der Waals surface area (Å²) in [6.45, 7) is 8.46. The Labute approximate surface area is 178 Å². The predicted molar refractivity (Wildman–Crippen MR) is 120 cm³/mol. The van der Waals surface area contributed by atoms with Crippen molar-refractivity contribution < 1.29 is 9.13 Å². The molecule has 2 fully saturated rings. The average Bonchev–Trinajstić information content (AvgIpc) is 2.76. The number of likely N-dealkylation sites (tertiary alicyclic amines) is 1. The molecule has 2 aliphatic heterocycles. The van der Waals surface area contributed by atoms with Crippen LogP contribution in [0.2, 0.25) is 0 Å². The molecule has 3 rings (SSSR count). The Morgan fingerprint density at radius 2 is 1.93 bits per heavy atom. The van der Waals surface area contributed by atoms with Crippen LogP contribution in [0.3, 0.4) is 0 Å². The van der Waals surface area contributed by atoms with Gasteiger partial charge in [0.15, 0.2) is 5.96 Å². The highest BCUT2D eigenvalue weighted by Gasteiger charge is 2.31. The number of hydrogen-bond acceptors (Lipinski definition) is 4. The first kappa shape index (κ1) is 22.4. The van der Waals surface area contributed by atoms with Gasteiger partial charge >= 0.3 is 0 Å². The van der Waals surface area contributed by atoms with Crippen LogP contribution in [-0.2, 0) is 11.3 Å². The summed E-state index contributed by atoms with van der Waals surface area (Å²) in [6.07, 6.45) is 6.51. The van der Waals surface area contributed by atoms with Gasteiger partial charge in [-0.05, 0) is 56.6 Å². The number of benzene rings is 1. The molecule has 0 radical (unpaired) electrons. The van der Waals surface area contributed by atoms with E-state index in [1.165, 1.54) is 5.56 Å². The SMILES string of the molecule is CCNC(=NCC1(SC)CCOCC1)NC1CCN(Cc2ccc(F)cc2)CC1. The number of nitrogens with one attached hydrogen (secondary N) is 2. The van der Waals surface area contributed by atoms with Crippen LogP contribution in [-0.4, -0.2) is 67.3 Å². The summed E-state index contributed by atoms with van der Waals surface area (Å²) in [5, 5.41) is 7.07. The maximum absolute atomic E-state index is 13.1. The molecule has 2 saturated heterocycles. The van der Waals surface area contributed by atoms with Crippen molar-refractivity contribution in [3.8, 4) is 0 Å². The van der Waals surface area contributed by atoms with Gasteiger partial charge in [0, 0.05) is 50.2 Å². The van der Waals surface area contributed by atoms with E-state index in [-0.39, 0.29) is 10.6 Å². The van der Waals surface area contributed by atoms with Crippen molar-refractivity contribution in [3.63, 3.8) is 0 Å². The Hall–Kier alpha value is -1.31. The molecule has 0 unspecified atom stereocenters. The van der Waals surface area contributed by atoms with Crippen LogP contribution in [0.1, 0.15) is 38.2 Å². The summed E-state index contributed by atoms with van der Waals surface area (Å²) in [7, 11) is 0. The van der Waals surface area contributed by atoms with Crippen LogP contribution < -0.4 is 10.6 Å². The minimum atomic E-state index is -0.170. The standard InChI is InChI=1S/C22H35FN4OS/c1-3-24-21(25-17-22(29-2)10-14-28-15-11-22)26-20-8-12-27(13-9-20)16-18-4-6-19(23)7-5-18/h4-7,20H,3,8-17H2,1-2H3,(H2,24,25,26). The lowest BCUT2D eigenvalue weighted by atomic mass is 9.99. The highest BCUT2D eigenvalue weighted by Crippen LogP contribution is 2.34. The molecule has 2 aliphatic rings. The van der Waals surface area contributed by atoms with Crippen LogP contribution in [0.4, 0.5) is 4.39 Å². The summed E-state index contributed by atoms with van der Waals surface area (Å²) in [5.74, 6) is 0.764. The zero-order chi connectivity index (χ0) is 20.5. The van der Waals surface area contributed by atoms with Gasteiger partial charge in [0.1, 0.15) is 5.82 Å². The number of thioether (sulfide) groups is 1. The second-order valence-corrected chi connectivity index (χ2v) is 9.29.